The van der Waals surface area contributed by atoms with Gasteiger partial charge in [-0.3, -0.25) is 0 Å². The first-order valence-corrected chi connectivity index (χ1v) is 9.75. The summed E-state index contributed by atoms with van der Waals surface area (Å²) >= 11 is 11.9. The van der Waals surface area contributed by atoms with Crippen molar-refractivity contribution in [1.82, 2.24) is 9.97 Å². The molecule has 0 bridgehead atoms. The maximum atomic E-state index is 13.2. The third-order valence-corrected chi connectivity index (χ3v) is 4.91. The molecule has 2 heterocycles. The zero-order chi connectivity index (χ0) is 21.5. The third-order valence-electron chi connectivity index (χ3n) is 4.35. The SMILES string of the molecule is Cc1[nH]c(-c2ccc(-c3ccc(Cl)c(OC(C)(F)F)c3)o2)nc1-c1ccc(Cl)cc1. The van der Waals surface area contributed by atoms with Crippen molar-refractivity contribution in [3.63, 3.8) is 0 Å². The second-order valence-corrected chi connectivity index (χ2v) is 7.63. The highest BCUT2D eigenvalue weighted by molar-refractivity contribution is 6.32. The number of halogens is 4. The Morgan fingerprint density at radius 3 is 2.33 bits per heavy atom. The standard InChI is InChI=1S/C22H16Cl2F2N2O2/c1-12-20(13-3-6-15(23)7-4-13)28-21(27-12)18-10-9-17(29-18)14-5-8-16(24)19(11-14)30-22(2,25)26/h3-11H,1-2H3,(H,27,28). The molecular weight excluding hydrogens is 433 g/mol. The van der Waals surface area contributed by atoms with Crippen molar-refractivity contribution in [2.45, 2.75) is 20.0 Å². The maximum absolute atomic E-state index is 13.2. The van der Waals surface area contributed by atoms with E-state index in [1.54, 1.807) is 30.3 Å². The number of aromatic nitrogens is 2. The van der Waals surface area contributed by atoms with Gasteiger partial charge in [-0.15, -0.1) is 0 Å². The number of aromatic amines is 1. The predicted octanol–water partition coefficient (Wildman–Crippen LogP) is 7.61. The molecule has 4 nitrogen and oxygen atoms in total. The summed E-state index contributed by atoms with van der Waals surface area (Å²) in [6.45, 7) is 2.57. The van der Waals surface area contributed by atoms with E-state index < -0.39 is 6.11 Å². The molecule has 0 unspecified atom stereocenters. The van der Waals surface area contributed by atoms with E-state index in [2.05, 4.69) is 14.7 Å². The van der Waals surface area contributed by atoms with Crippen LogP contribution in [0, 0.1) is 6.92 Å². The monoisotopic (exact) mass is 448 g/mol. The quantitative estimate of drug-likeness (QED) is 0.341. The van der Waals surface area contributed by atoms with E-state index in [9.17, 15) is 8.78 Å². The van der Waals surface area contributed by atoms with Gasteiger partial charge in [0.2, 0.25) is 0 Å². The maximum Gasteiger partial charge on any atom is 0.394 e. The number of nitrogens with zero attached hydrogens (tertiary/aromatic N) is 1. The Hall–Kier alpha value is -2.83. The summed E-state index contributed by atoms with van der Waals surface area (Å²) in [7, 11) is 0. The number of H-pyrrole nitrogens is 1. The van der Waals surface area contributed by atoms with Gasteiger partial charge >= 0.3 is 6.11 Å². The Kier molecular flexibility index (Phi) is 5.30. The first-order valence-electron chi connectivity index (χ1n) is 8.99. The van der Waals surface area contributed by atoms with Crippen LogP contribution in [0.1, 0.15) is 12.6 Å². The van der Waals surface area contributed by atoms with E-state index in [-0.39, 0.29) is 10.8 Å². The minimum Gasteiger partial charge on any atom is -0.453 e. The van der Waals surface area contributed by atoms with Crippen LogP contribution in [0.3, 0.4) is 0 Å². The summed E-state index contributed by atoms with van der Waals surface area (Å²) in [5.41, 5.74) is 3.13. The Labute approximate surface area is 181 Å². The van der Waals surface area contributed by atoms with Gasteiger partial charge in [0.05, 0.1) is 10.7 Å². The average Bonchev–Trinajstić information content (AvgIpc) is 3.30. The lowest BCUT2D eigenvalue weighted by Gasteiger charge is -2.14. The number of hydrogen-bond acceptors (Lipinski definition) is 3. The van der Waals surface area contributed by atoms with Gasteiger partial charge in [0.25, 0.3) is 0 Å². The number of alkyl halides is 2. The molecule has 4 rings (SSSR count). The number of furan rings is 1. The first-order chi connectivity index (χ1) is 14.2. The van der Waals surface area contributed by atoms with Crippen LogP contribution >= 0.6 is 23.2 Å². The minimum atomic E-state index is -3.35. The second-order valence-electron chi connectivity index (χ2n) is 6.78. The molecule has 0 aliphatic heterocycles. The zero-order valence-corrected chi connectivity index (χ0v) is 17.5. The molecular formula is C22H16Cl2F2N2O2. The van der Waals surface area contributed by atoms with Crippen molar-refractivity contribution < 1.29 is 17.9 Å². The van der Waals surface area contributed by atoms with Crippen LogP contribution in [-0.2, 0) is 0 Å². The lowest BCUT2D eigenvalue weighted by Crippen LogP contribution is -2.19. The van der Waals surface area contributed by atoms with Crippen molar-refractivity contribution in [3.8, 4) is 39.9 Å². The van der Waals surface area contributed by atoms with Crippen molar-refractivity contribution in [2.24, 2.45) is 0 Å². The molecule has 154 valence electrons. The molecule has 0 aliphatic carbocycles. The van der Waals surface area contributed by atoms with Gasteiger partial charge in [-0.05, 0) is 49.4 Å². The van der Waals surface area contributed by atoms with E-state index >= 15 is 0 Å². The average molecular weight is 449 g/mol. The van der Waals surface area contributed by atoms with Gasteiger partial charge in [-0.1, -0.05) is 35.3 Å². The van der Waals surface area contributed by atoms with Crippen molar-refractivity contribution in [3.05, 3.63) is 70.3 Å². The molecule has 0 aliphatic rings. The molecule has 8 heteroatoms. The van der Waals surface area contributed by atoms with Crippen molar-refractivity contribution >= 4 is 23.2 Å². The number of rotatable bonds is 5. The first kappa shape index (κ1) is 20.4. The molecule has 0 amide bonds. The molecule has 0 saturated heterocycles. The molecule has 2 aromatic heterocycles. The molecule has 4 aromatic rings. The lowest BCUT2D eigenvalue weighted by atomic mass is 10.1. The predicted molar refractivity (Wildman–Crippen MR) is 113 cm³/mol. The van der Waals surface area contributed by atoms with Crippen LogP contribution in [0.4, 0.5) is 8.78 Å². The van der Waals surface area contributed by atoms with Crippen LogP contribution < -0.4 is 4.74 Å². The van der Waals surface area contributed by atoms with Crippen LogP contribution in [0.2, 0.25) is 10.0 Å². The lowest BCUT2D eigenvalue weighted by molar-refractivity contribution is -0.158. The summed E-state index contributed by atoms with van der Waals surface area (Å²) in [6.07, 6.45) is -3.35. The summed E-state index contributed by atoms with van der Waals surface area (Å²) in [4.78, 5) is 7.84. The fourth-order valence-corrected chi connectivity index (χ4v) is 3.30. The summed E-state index contributed by atoms with van der Waals surface area (Å²) in [5.74, 6) is 1.40. The fraction of sp³-hybridized carbons (Fsp3) is 0.136. The van der Waals surface area contributed by atoms with Crippen LogP contribution in [-0.4, -0.2) is 16.1 Å². The molecule has 2 aromatic carbocycles. The molecule has 0 atom stereocenters. The smallest absolute Gasteiger partial charge is 0.394 e. The number of benzene rings is 2. The largest absolute Gasteiger partial charge is 0.453 e. The Balaban J connectivity index is 1.65. The Morgan fingerprint density at radius 2 is 1.63 bits per heavy atom. The summed E-state index contributed by atoms with van der Waals surface area (Å²) < 4.78 is 37.0. The van der Waals surface area contributed by atoms with Crippen LogP contribution in [0.15, 0.2) is 59.0 Å². The Morgan fingerprint density at radius 1 is 0.967 bits per heavy atom. The number of imidazole rings is 1. The number of ether oxygens (including phenoxy) is 1. The van der Waals surface area contributed by atoms with Gasteiger partial charge in [0, 0.05) is 28.8 Å². The highest BCUT2D eigenvalue weighted by Gasteiger charge is 2.25. The van der Waals surface area contributed by atoms with E-state index in [4.69, 9.17) is 27.6 Å². The van der Waals surface area contributed by atoms with Gasteiger partial charge < -0.3 is 14.1 Å². The van der Waals surface area contributed by atoms with E-state index in [1.807, 2.05) is 19.1 Å². The normalized spacial score (nSPS) is 11.7. The molecule has 1 N–H and O–H groups in total. The molecule has 30 heavy (non-hydrogen) atoms. The van der Waals surface area contributed by atoms with Gasteiger partial charge in [-0.2, -0.15) is 8.78 Å². The van der Waals surface area contributed by atoms with Crippen LogP contribution in [0.5, 0.6) is 5.75 Å². The highest BCUT2D eigenvalue weighted by Crippen LogP contribution is 2.36. The van der Waals surface area contributed by atoms with Crippen molar-refractivity contribution in [2.75, 3.05) is 0 Å². The fourth-order valence-electron chi connectivity index (χ4n) is 3.01. The van der Waals surface area contributed by atoms with Gasteiger partial charge in [0.15, 0.2) is 11.6 Å². The topological polar surface area (TPSA) is 51.0 Å². The second kappa shape index (κ2) is 7.78. The molecule has 0 fully saturated rings. The van der Waals surface area contributed by atoms with Crippen molar-refractivity contribution in [1.29, 1.82) is 0 Å². The Bertz CT molecular complexity index is 1190. The molecule has 0 radical (unpaired) electrons. The third kappa shape index (κ3) is 4.35. The zero-order valence-electron chi connectivity index (χ0n) is 16.0. The van der Waals surface area contributed by atoms with Gasteiger partial charge in [0.1, 0.15) is 11.5 Å². The highest BCUT2D eigenvalue weighted by atomic mass is 35.5. The summed E-state index contributed by atoms with van der Waals surface area (Å²) in [5, 5.41) is 0.733. The van der Waals surface area contributed by atoms with E-state index in [1.165, 1.54) is 12.1 Å². The summed E-state index contributed by atoms with van der Waals surface area (Å²) in [6, 6.07) is 15.4. The van der Waals surface area contributed by atoms with E-state index in [0.29, 0.717) is 34.9 Å². The molecule has 0 spiro atoms. The minimum absolute atomic E-state index is 0.0846. The van der Waals surface area contributed by atoms with E-state index in [0.717, 1.165) is 17.0 Å². The number of nitrogens with one attached hydrogen (secondary N) is 1. The van der Waals surface area contributed by atoms with Crippen LogP contribution in [0.25, 0.3) is 34.2 Å². The number of hydrogen-bond donors (Lipinski definition) is 1. The van der Waals surface area contributed by atoms with Gasteiger partial charge in [-0.25, -0.2) is 4.98 Å². The molecule has 0 saturated carbocycles. The number of aryl methyl sites for hydroxylation is 1.